The number of aliphatic hydroxyl groups is 1. The molecule has 0 heterocycles. The van der Waals surface area contributed by atoms with E-state index in [0.717, 1.165) is 25.7 Å². The highest BCUT2D eigenvalue weighted by Crippen LogP contribution is 2.17. The molecule has 0 amide bonds. The fourth-order valence-corrected chi connectivity index (χ4v) is 2.61. The van der Waals surface area contributed by atoms with Crippen molar-refractivity contribution in [2.24, 2.45) is 0 Å². The van der Waals surface area contributed by atoms with Crippen molar-refractivity contribution in [2.45, 2.75) is 44.8 Å². The van der Waals surface area contributed by atoms with Crippen LogP contribution in [0.1, 0.15) is 32.6 Å². The molecular weight excluding hydrogens is 214 g/mol. The second-order valence-electron chi connectivity index (χ2n) is 4.15. The van der Waals surface area contributed by atoms with Crippen LogP contribution < -0.4 is 5.32 Å². The van der Waals surface area contributed by atoms with Crippen LogP contribution in [-0.4, -0.2) is 43.7 Å². The van der Waals surface area contributed by atoms with Crippen LogP contribution in [-0.2, 0) is 9.84 Å². The van der Waals surface area contributed by atoms with Crippen LogP contribution >= 0.6 is 0 Å². The first-order chi connectivity index (χ1) is 7.05. The van der Waals surface area contributed by atoms with E-state index >= 15 is 0 Å². The number of sulfone groups is 1. The predicted octanol–water partition coefficient (Wildman–Crippen LogP) is 0.314. The van der Waals surface area contributed by atoms with Crippen molar-refractivity contribution >= 4 is 9.84 Å². The Kier molecular flexibility index (Phi) is 5.02. The summed E-state index contributed by atoms with van der Waals surface area (Å²) in [6, 6.07) is 0.0887. The number of aliphatic hydroxyl groups excluding tert-OH is 1. The smallest absolute Gasteiger partial charge is 0.151 e. The van der Waals surface area contributed by atoms with Crippen molar-refractivity contribution in [2.75, 3.05) is 18.1 Å². The minimum atomic E-state index is -2.88. The van der Waals surface area contributed by atoms with Gasteiger partial charge in [-0.15, -0.1) is 0 Å². The molecule has 0 saturated heterocycles. The van der Waals surface area contributed by atoms with Crippen LogP contribution in [0.15, 0.2) is 0 Å². The van der Waals surface area contributed by atoms with Gasteiger partial charge in [0.25, 0.3) is 0 Å². The Morgan fingerprint density at radius 2 is 2.00 bits per heavy atom. The Labute approximate surface area is 92.0 Å². The van der Waals surface area contributed by atoms with Gasteiger partial charge in [0.05, 0.1) is 11.9 Å². The molecule has 15 heavy (non-hydrogen) atoms. The maximum absolute atomic E-state index is 11.2. The summed E-state index contributed by atoms with van der Waals surface area (Å²) in [7, 11) is -2.88. The summed E-state index contributed by atoms with van der Waals surface area (Å²) in [5.74, 6) is 0.370. The van der Waals surface area contributed by atoms with Crippen LogP contribution in [0.5, 0.6) is 0 Å². The SMILES string of the molecule is CCS(=O)(=O)CCN[C@H]1CCCC[C@@H]1O. The maximum Gasteiger partial charge on any atom is 0.151 e. The molecule has 90 valence electrons. The normalized spacial score (nSPS) is 27.9. The van der Waals surface area contributed by atoms with E-state index in [2.05, 4.69) is 5.32 Å². The monoisotopic (exact) mass is 235 g/mol. The van der Waals surface area contributed by atoms with Crippen molar-refractivity contribution in [1.82, 2.24) is 5.32 Å². The summed E-state index contributed by atoms with van der Waals surface area (Å²) in [5, 5.41) is 12.8. The number of rotatable bonds is 5. The van der Waals surface area contributed by atoms with Crippen LogP contribution in [0.2, 0.25) is 0 Å². The van der Waals surface area contributed by atoms with E-state index in [1.165, 1.54) is 0 Å². The van der Waals surface area contributed by atoms with Gasteiger partial charge < -0.3 is 10.4 Å². The van der Waals surface area contributed by atoms with Gasteiger partial charge in [0.1, 0.15) is 0 Å². The average Bonchev–Trinajstić information content (AvgIpc) is 2.21. The second kappa shape index (κ2) is 5.82. The van der Waals surface area contributed by atoms with Crippen molar-refractivity contribution in [3.8, 4) is 0 Å². The molecule has 0 aliphatic heterocycles. The molecule has 0 aromatic rings. The van der Waals surface area contributed by atoms with Crippen molar-refractivity contribution in [3.63, 3.8) is 0 Å². The Hall–Kier alpha value is -0.130. The highest BCUT2D eigenvalue weighted by atomic mass is 32.2. The molecule has 4 nitrogen and oxygen atoms in total. The highest BCUT2D eigenvalue weighted by molar-refractivity contribution is 7.91. The minimum Gasteiger partial charge on any atom is -0.392 e. The van der Waals surface area contributed by atoms with Crippen LogP contribution in [0, 0.1) is 0 Å². The van der Waals surface area contributed by atoms with Crippen molar-refractivity contribution < 1.29 is 13.5 Å². The number of nitrogens with one attached hydrogen (secondary N) is 1. The second-order valence-corrected chi connectivity index (χ2v) is 6.62. The quantitative estimate of drug-likeness (QED) is 0.720. The van der Waals surface area contributed by atoms with Gasteiger partial charge in [0.15, 0.2) is 9.84 Å². The lowest BCUT2D eigenvalue weighted by Crippen LogP contribution is -2.43. The van der Waals surface area contributed by atoms with Gasteiger partial charge in [-0.05, 0) is 12.8 Å². The molecule has 0 aromatic carbocycles. The first-order valence-electron chi connectivity index (χ1n) is 5.67. The van der Waals surface area contributed by atoms with Gasteiger partial charge in [0.2, 0.25) is 0 Å². The van der Waals surface area contributed by atoms with E-state index in [0.29, 0.717) is 6.54 Å². The van der Waals surface area contributed by atoms with Crippen molar-refractivity contribution in [3.05, 3.63) is 0 Å². The van der Waals surface area contributed by atoms with Gasteiger partial charge in [-0.3, -0.25) is 0 Å². The van der Waals surface area contributed by atoms with Gasteiger partial charge in [-0.1, -0.05) is 19.8 Å². The van der Waals surface area contributed by atoms with E-state index < -0.39 is 9.84 Å². The van der Waals surface area contributed by atoms with E-state index in [4.69, 9.17) is 0 Å². The van der Waals surface area contributed by atoms with Crippen LogP contribution in [0.25, 0.3) is 0 Å². The standard InChI is InChI=1S/C10H21NO3S/c1-2-15(13,14)8-7-11-9-5-3-4-6-10(9)12/h9-12H,2-8H2,1H3/t9-,10-/m0/s1. The lowest BCUT2D eigenvalue weighted by molar-refractivity contribution is 0.0921. The summed E-state index contributed by atoms with van der Waals surface area (Å²) >= 11 is 0. The first-order valence-corrected chi connectivity index (χ1v) is 7.49. The summed E-state index contributed by atoms with van der Waals surface area (Å²) < 4.78 is 22.4. The zero-order valence-electron chi connectivity index (χ0n) is 9.28. The van der Waals surface area contributed by atoms with E-state index in [1.807, 2.05) is 0 Å². The lowest BCUT2D eigenvalue weighted by Gasteiger charge is -2.28. The average molecular weight is 235 g/mol. The Morgan fingerprint density at radius 1 is 1.33 bits per heavy atom. The summed E-state index contributed by atoms with van der Waals surface area (Å²) in [6.07, 6.45) is 3.68. The zero-order valence-corrected chi connectivity index (χ0v) is 10.1. The zero-order chi connectivity index (χ0) is 11.3. The molecule has 2 atom stereocenters. The molecule has 0 unspecified atom stereocenters. The molecule has 0 spiro atoms. The van der Waals surface area contributed by atoms with Gasteiger partial charge in [-0.2, -0.15) is 0 Å². The summed E-state index contributed by atoms with van der Waals surface area (Å²) in [5.41, 5.74) is 0. The number of hydrogen-bond acceptors (Lipinski definition) is 4. The van der Waals surface area contributed by atoms with E-state index in [9.17, 15) is 13.5 Å². The Balaban J connectivity index is 2.25. The largest absolute Gasteiger partial charge is 0.392 e. The minimum absolute atomic E-state index is 0.0887. The predicted molar refractivity (Wildman–Crippen MR) is 60.6 cm³/mol. The topological polar surface area (TPSA) is 66.4 Å². The molecular formula is C10H21NO3S. The summed E-state index contributed by atoms with van der Waals surface area (Å²) in [4.78, 5) is 0. The van der Waals surface area contributed by atoms with E-state index in [1.54, 1.807) is 6.92 Å². The third kappa shape index (κ3) is 4.49. The van der Waals surface area contributed by atoms with Crippen LogP contribution in [0.3, 0.4) is 0 Å². The lowest BCUT2D eigenvalue weighted by atomic mass is 9.93. The molecule has 1 rings (SSSR count). The van der Waals surface area contributed by atoms with E-state index in [-0.39, 0.29) is 23.7 Å². The van der Waals surface area contributed by atoms with Gasteiger partial charge in [-0.25, -0.2) is 8.42 Å². The molecule has 1 aliphatic rings. The highest BCUT2D eigenvalue weighted by Gasteiger charge is 2.22. The third-order valence-corrected chi connectivity index (χ3v) is 4.69. The Morgan fingerprint density at radius 3 is 2.60 bits per heavy atom. The molecule has 0 aromatic heterocycles. The summed E-state index contributed by atoms with van der Waals surface area (Å²) in [6.45, 7) is 2.11. The van der Waals surface area contributed by atoms with Crippen molar-refractivity contribution in [1.29, 1.82) is 0 Å². The number of hydrogen-bond donors (Lipinski definition) is 2. The molecule has 1 fully saturated rings. The Bertz CT molecular complexity index is 276. The molecule has 2 N–H and O–H groups in total. The molecule has 0 radical (unpaired) electrons. The molecule has 1 aliphatic carbocycles. The van der Waals surface area contributed by atoms with Crippen LogP contribution in [0.4, 0.5) is 0 Å². The molecule has 0 bridgehead atoms. The molecule has 1 saturated carbocycles. The van der Waals surface area contributed by atoms with Gasteiger partial charge in [0, 0.05) is 18.3 Å². The molecule has 5 heteroatoms. The van der Waals surface area contributed by atoms with Gasteiger partial charge >= 0.3 is 0 Å². The maximum atomic E-state index is 11.2. The fourth-order valence-electron chi connectivity index (χ4n) is 1.89. The fraction of sp³-hybridized carbons (Fsp3) is 1.00. The third-order valence-electron chi connectivity index (χ3n) is 2.99. The first kappa shape index (κ1) is 12.9.